The zero-order chi connectivity index (χ0) is 14.7. The van der Waals surface area contributed by atoms with E-state index >= 15 is 0 Å². The van der Waals surface area contributed by atoms with Crippen molar-refractivity contribution in [3.05, 3.63) is 47.7 Å². The van der Waals surface area contributed by atoms with Gasteiger partial charge in [-0.25, -0.2) is 0 Å². The topological polar surface area (TPSA) is 69.4 Å². The molecule has 3 N–H and O–H groups in total. The lowest BCUT2D eigenvalue weighted by Crippen LogP contribution is -2.29. The van der Waals surface area contributed by atoms with Crippen molar-refractivity contribution < 1.29 is 0 Å². The van der Waals surface area contributed by atoms with Gasteiger partial charge in [-0.15, -0.1) is 0 Å². The van der Waals surface area contributed by atoms with Crippen LogP contribution in [0.1, 0.15) is 47.8 Å². The number of H-pyrrole nitrogens is 2. The van der Waals surface area contributed by atoms with Crippen molar-refractivity contribution in [3.63, 3.8) is 0 Å². The van der Waals surface area contributed by atoms with Crippen LogP contribution in [0.25, 0.3) is 12.2 Å². The standard InChI is InChI=1S/C16H21N5/c1-3-15-13(9-18-21-15)7-8-17-16(12-5-4-6-12)14-10-19-20-11(14)2/h3,7-10,12,16-17H,1,4-6H2,2H3,(H,18,21)(H,19,20)/b8-7+. The summed E-state index contributed by atoms with van der Waals surface area (Å²) < 4.78 is 0. The van der Waals surface area contributed by atoms with E-state index in [4.69, 9.17) is 0 Å². The zero-order valence-electron chi connectivity index (χ0n) is 12.3. The van der Waals surface area contributed by atoms with Crippen molar-refractivity contribution >= 4 is 12.2 Å². The number of hydrogen-bond donors (Lipinski definition) is 3. The Balaban J connectivity index is 1.73. The predicted molar refractivity (Wildman–Crippen MR) is 84.3 cm³/mol. The Kier molecular flexibility index (Phi) is 3.90. The molecular weight excluding hydrogens is 262 g/mol. The van der Waals surface area contributed by atoms with E-state index in [1.807, 2.05) is 18.5 Å². The van der Waals surface area contributed by atoms with E-state index in [0.717, 1.165) is 17.0 Å². The minimum absolute atomic E-state index is 0.327. The molecule has 5 nitrogen and oxygen atoms in total. The van der Waals surface area contributed by atoms with Gasteiger partial charge in [0.1, 0.15) is 0 Å². The highest BCUT2D eigenvalue weighted by Gasteiger charge is 2.29. The van der Waals surface area contributed by atoms with Crippen LogP contribution < -0.4 is 5.32 Å². The third kappa shape index (κ3) is 2.77. The molecule has 1 aliphatic rings. The summed E-state index contributed by atoms with van der Waals surface area (Å²) in [6.45, 7) is 5.85. The number of hydrogen-bond acceptors (Lipinski definition) is 3. The third-order valence-corrected chi connectivity index (χ3v) is 4.27. The van der Waals surface area contributed by atoms with E-state index in [-0.39, 0.29) is 0 Å². The molecule has 0 saturated heterocycles. The van der Waals surface area contributed by atoms with E-state index in [1.54, 1.807) is 12.3 Å². The van der Waals surface area contributed by atoms with Gasteiger partial charge in [0, 0.05) is 16.8 Å². The highest BCUT2D eigenvalue weighted by atomic mass is 15.1. The number of aromatic amines is 2. The van der Waals surface area contributed by atoms with Crippen LogP contribution >= 0.6 is 0 Å². The molecule has 0 aromatic carbocycles. The second-order valence-electron chi connectivity index (χ2n) is 5.56. The molecule has 0 amide bonds. The highest BCUT2D eigenvalue weighted by molar-refractivity contribution is 5.60. The highest BCUT2D eigenvalue weighted by Crippen LogP contribution is 2.38. The molecule has 21 heavy (non-hydrogen) atoms. The van der Waals surface area contributed by atoms with Crippen LogP contribution in [0.4, 0.5) is 0 Å². The largest absolute Gasteiger partial charge is 0.384 e. The maximum Gasteiger partial charge on any atom is 0.0644 e. The molecule has 1 aliphatic carbocycles. The Morgan fingerprint density at radius 2 is 2.14 bits per heavy atom. The van der Waals surface area contributed by atoms with Crippen molar-refractivity contribution in [1.29, 1.82) is 0 Å². The molecule has 1 unspecified atom stereocenters. The summed E-state index contributed by atoms with van der Waals surface area (Å²) in [5.74, 6) is 0.689. The molecule has 0 aliphatic heterocycles. The molecule has 1 saturated carbocycles. The molecule has 5 heteroatoms. The molecule has 3 rings (SSSR count). The van der Waals surface area contributed by atoms with Crippen molar-refractivity contribution in [3.8, 4) is 0 Å². The number of rotatable bonds is 6. The Morgan fingerprint density at radius 1 is 1.33 bits per heavy atom. The Labute approximate surface area is 124 Å². The first-order chi connectivity index (χ1) is 10.3. The second-order valence-corrected chi connectivity index (χ2v) is 5.56. The molecule has 1 fully saturated rings. The first-order valence-electron chi connectivity index (χ1n) is 7.38. The molecule has 2 heterocycles. The smallest absolute Gasteiger partial charge is 0.0644 e. The van der Waals surface area contributed by atoms with Crippen LogP contribution in [0.5, 0.6) is 0 Å². The van der Waals surface area contributed by atoms with Gasteiger partial charge in [-0.3, -0.25) is 10.2 Å². The molecule has 2 aromatic heterocycles. The van der Waals surface area contributed by atoms with Gasteiger partial charge in [-0.1, -0.05) is 13.0 Å². The first kappa shape index (κ1) is 13.7. The normalized spacial score (nSPS) is 16.8. The van der Waals surface area contributed by atoms with Crippen molar-refractivity contribution in [2.45, 2.75) is 32.2 Å². The Bertz CT molecular complexity index is 633. The van der Waals surface area contributed by atoms with Crippen molar-refractivity contribution in [1.82, 2.24) is 25.7 Å². The van der Waals surface area contributed by atoms with Gasteiger partial charge < -0.3 is 5.32 Å². The minimum Gasteiger partial charge on any atom is -0.384 e. The molecule has 0 bridgehead atoms. The van der Waals surface area contributed by atoms with Gasteiger partial charge in [0.15, 0.2) is 0 Å². The summed E-state index contributed by atoms with van der Waals surface area (Å²) in [5.41, 5.74) is 4.38. The molecule has 0 spiro atoms. The van der Waals surface area contributed by atoms with E-state index in [9.17, 15) is 0 Å². The van der Waals surface area contributed by atoms with Gasteiger partial charge in [-0.2, -0.15) is 10.2 Å². The summed E-state index contributed by atoms with van der Waals surface area (Å²) in [6.07, 6.45) is 13.4. The maximum absolute atomic E-state index is 4.15. The minimum atomic E-state index is 0.327. The Morgan fingerprint density at radius 3 is 2.76 bits per heavy atom. The fourth-order valence-electron chi connectivity index (χ4n) is 2.77. The molecule has 0 radical (unpaired) electrons. The van der Waals surface area contributed by atoms with Crippen LogP contribution in [-0.2, 0) is 0 Å². The predicted octanol–water partition coefficient (Wildman–Crippen LogP) is 3.19. The van der Waals surface area contributed by atoms with Crippen LogP contribution in [0.3, 0.4) is 0 Å². The maximum atomic E-state index is 4.15. The third-order valence-electron chi connectivity index (χ3n) is 4.27. The average Bonchev–Trinajstić information content (AvgIpc) is 3.04. The fraction of sp³-hybridized carbons (Fsp3) is 0.375. The first-order valence-corrected chi connectivity index (χ1v) is 7.38. The lowest BCUT2D eigenvalue weighted by molar-refractivity contribution is 0.244. The summed E-state index contributed by atoms with van der Waals surface area (Å²) in [5, 5.41) is 17.7. The summed E-state index contributed by atoms with van der Waals surface area (Å²) in [6, 6.07) is 0.327. The van der Waals surface area contributed by atoms with Crippen LogP contribution in [-0.4, -0.2) is 20.4 Å². The number of aryl methyl sites for hydroxylation is 1. The van der Waals surface area contributed by atoms with Crippen LogP contribution in [0, 0.1) is 12.8 Å². The van der Waals surface area contributed by atoms with Crippen molar-refractivity contribution in [2.75, 3.05) is 0 Å². The van der Waals surface area contributed by atoms with Gasteiger partial charge in [0.2, 0.25) is 0 Å². The second kappa shape index (κ2) is 5.99. The summed E-state index contributed by atoms with van der Waals surface area (Å²) in [7, 11) is 0. The quantitative estimate of drug-likeness (QED) is 0.762. The monoisotopic (exact) mass is 283 g/mol. The molecule has 110 valence electrons. The summed E-state index contributed by atoms with van der Waals surface area (Å²) in [4.78, 5) is 0. The molecule has 1 atom stereocenters. The lowest BCUT2D eigenvalue weighted by Gasteiger charge is -2.34. The van der Waals surface area contributed by atoms with Crippen LogP contribution in [0.2, 0.25) is 0 Å². The SMILES string of the molecule is C=Cc1[nH]ncc1/C=C/NC(c1cn[nH]c1C)C1CCC1. The number of nitrogens with zero attached hydrogens (tertiary/aromatic N) is 2. The Hall–Kier alpha value is -2.30. The van der Waals surface area contributed by atoms with E-state index in [2.05, 4.69) is 39.2 Å². The average molecular weight is 283 g/mol. The van der Waals surface area contributed by atoms with E-state index in [1.165, 1.54) is 24.8 Å². The van der Waals surface area contributed by atoms with E-state index < -0.39 is 0 Å². The lowest BCUT2D eigenvalue weighted by atomic mass is 9.77. The molecule has 2 aromatic rings. The van der Waals surface area contributed by atoms with Crippen LogP contribution in [0.15, 0.2) is 25.2 Å². The van der Waals surface area contributed by atoms with Gasteiger partial charge >= 0.3 is 0 Å². The number of aromatic nitrogens is 4. The van der Waals surface area contributed by atoms with Gasteiger partial charge in [0.25, 0.3) is 0 Å². The van der Waals surface area contributed by atoms with Gasteiger partial charge in [-0.05, 0) is 44.0 Å². The zero-order valence-corrected chi connectivity index (χ0v) is 12.3. The fourth-order valence-corrected chi connectivity index (χ4v) is 2.77. The van der Waals surface area contributed by atoms with Crippen molar-refractivity contribution in [2.24, 2.45) is 5.92 Å². The molecular formula is C16H21N5. The van der Waals surface area contributed by atoms with Gasteiger partial charge in [0.05, 0.1) is 24.1 Å². The summed E-state index contributed by atoms with van der Waals surface area (Å²) >= 11 is 0. The number of nitrogens with one attached hydrogen (secondary N) is 3. The van der Waals surface area contributed by atoms with E-state index in [0.29, 0.717) is 12.0 Å².